The van der Waals surface area contributed by atoms with Gasteiger partial charge in [0.1, 0.15) is 5.69 Å². The maximum Gasteiger partial charge on any atom is 0.273 e. The van der Waals surface area contributed by atoms with Crippen LogP contribution in [0, 0.1) is 19.8 Å². The van der Waals surface area contributed by atoms with E-state index in [4.69, 9.17) is 0 Å². The van der Waals surface area contributed by atoms with Gasteiger partial charge in [-0.25, -0.2) is 4.98 Å². The quantitative estimate of drug-likeness (QED) is 0.915. The molecule has 0 radical (unpaired) electrons. The first-order valence-corrected chi connectivity index (χ1v) is 8.83. The summed E-state index contributed by atoms with van der Waals surface area (Å²) in [7, 11) is 0. The number of carbonyl (C=O) groups is 1. The highest BCUT2D eigenvalue weighted by Crippen LogP contribution is 2.20. The Hall–Kier alpha value is -1.79. The molecule has 0 bridgehead atoms. The van der Waals surface area contributed by atoms with Crippen molar-refractivity contribution in [2.24, 2.45) is 5.92 Å². The van der Waals surface area contributed by atoms with Gasteiger partial charge in [0.25, 0.3) is 5.91 Å². The smallest absolute Gasteiger partial charge is 0.273 e. The number of thiazole rings is 1. The summed E-state index contributed by atoms with van der Waals surface area (Å²) in [6.07, 6.45) is 2.81. The van der Waals surface area contributed by atoms with Crippen LogP contribution < -0.4 is 5.32 Å². The van der Waals surface area contributed by atoms with Crippen LogP contribution in [0.4, 0.5) is 0 Å². The Balaban J connectivity index is 1.83. The number of nitrogens with one attached hydrogen (secondary N) is 1. The van der Waals surface area contributed by atoms with Crippen molar-refractivity contribution in [1.82, 2.24) is 20.2 Å². The van der Waals surface area contributed by atoms with Crippen LogP contribution in [0.1, 0.15) is 33.0 Å². The molecule has 122 valence electrons. The molecule has 3 heterocycles. The van der Waals surface area contributed by atoms with Crippen LogP contribution in [-0.2, 0) is 6.54 Å². The van der Waals surface area contributed by atoms with E-state index < -0.39 is 0 Å². The topological polar surface area (TPSA) is 58.1 Å². The van der Waals surface area contributed by atoms with Gasteiger partial charge in [0, 0.05) is 17.6 Å². The van der Waals surface area contributed by atoms with Crippen molar-refractivity contribution in [2.75, 3.05) is 19.6 Å². The predicted octanol–water partition coefficient (Wildman–Crippen LogP) is 2.41. The first-order valence-electron chi connectivity index (χ1n) is 7.95. The molecular formula is C17H22N4OS. The zero-order valence-corrected chi connectivity index (χ0v) is 14.4. The number of amides is 1. The lowest BCUT2D eigenvalue weighted by molar-refractivity contribution is 0.0713. The van der Waals surface area contributed by atoms with Crippen LogP contribution in [-0.4, -0.2) is 40.4 Å². The molecule has 1 aliphatic rings. The lowest BCUT2D eigenvalue weighted by Gasteiger charge is -2.25. The van der Waals surface area contributed by atoms with Crippen molar-refractivity contribution in [3.8, 4) is 0 Å². The average molecular weight is 330 g/mol. The van der Waals surface area contributed by atoms with Gasteiger partial charge in [-0.05, 0) is 50.9 Å². The highest BCUT2D eigenvalue weighted by molar-refractivity contribution is 7.09. The molecule has 1 fully saturated rings. The molecule has 1 saturated heterocycles. The summed E-state index contributed by atoms with van der Waals surface area (Å²) in [5.41, 5.74) is 4.33. The summed E-state index contributed by atoms with van der Waals surface area (Å²) in [6, 6.07) is 3.80. The minimum Gasteiger partial charge on any atom is -0.332 e. The molecule has 2 aromatic rings. The summed E-state index contributed by atoms with van der Waals surface area (Å²) in [6.45, 7) is 7.33. The van der Waals surface area contributed by atoms with Crippen molar-refractivity contribution in [3.63, 3.8) is 0 Å². The third kappa shape index (κ3) is 3.76. The maximum absolute atomic E-state index is 13.0. The number of aromatic nitrogens is 2. The van der Waals surface area contributed by atoms with Crippen molar-refractivity contribution < 1.29 is 4.79 Å². The van der Waals surface area contributed by atoms with Gasteiger partial charge < -0.3 is 10.2 Å². The number of pyridine rings is 1. The molecule has 0 aromatic carbocycles. The van der Waals surface area contributed by atoms with E-state index >= 15 is 0 Å². The van der Waals surface area contributed by atoms with Crippen molar-refractivity contribution in [3.05, 3.63) is 45.7 Å². The fourth-order valence-corrected chi connectivity index (χ4v) is 3.70. The molecule has 0 saturated carbocycles. The second-order valence-electron chi connectivity index (χ2n) is 6.07. The molecule has 1 atom stereocenters. The number of aryl methyl sites for hydroxylation is 2. The molecule has 0 aliphatic carbocycles. The summed E-state index contributed by atoms with van der Waals surface area (Å²) in [5, 5.41) is 3.37. The molecule has 1 N–H and O–H groups in total. The van der Waals surface area contributed by atoms with E-state index in [2.05, 4.69) is 15.3 Å². The van der Waals surface area contributed by atoms with Crippen LogP contribution in [0.15, 0.2) is 23.8 Å². The first kappa shape index (κ1) is 16.1. The number of rotatable bonds is 5. The number of hydrogen-bond donors (Lipinski definition) is 1. The lowest BCUT2D eigenvalue weighted by Crippen LogP contribution is -2.36. The summed E-state index contributed by atoms with van der Waals surface area (Å²) >= 11 is 1.61. The Morgan fingerprint density at radius 1 is 1.43 bits per heavy atom. The van der Waals surface area contributed by atoms with Gasteiger partial charge in [-0.3, -0.25) is 9.78 Å². The Morgan fingerprint density at radius 3 is 2.96 bits per heavy atom. The third-order valence-corrected chi connectivity index (χ3v) is 5.24. The van der Waals surface area contributed by atoms with Gasteiger partial charge in [-0.2, -0.15) is 0 Å². The summed E-state index contributed by atoms with van der Waals surface area (Å²) in [5.74, 6) is 0.527. The molecular weight excluding hydrogens is 308 g/mol. The fourth-order valence-electron chi connectivity index (χ4n) is 2.91. The predicted molar refractivity (Wildman–Crippen MR) is 91.5 cm³/mol. The standard InChI is InChI=1S/C17H22N4OS/c1-12-4-3-6-19-16(12)17(22)21(9-14-5-7-18-8-14)10-15-13(2)20-11-23-15/h3-4,6,11,14,18H,5,7-10H2,1-2H3/t14-/m1/s1. The van der Waals surface area contributed by atoms with E-state index in [1.807, 2.05) is 36.4 Å². The lowest BCUT2D eigenvalue weighted by atomic mass is 10.1. The monoisotopic (exact) mass is 330 g/mol. The van der Waals surface area contributed by atoms with E-state index in [9.17, 15) is 4.79 Å². The van der Waals surface area contributed by atoms with Gasteiger partial charge in [0.15, 0.2) is 0 Å². The summed E-state index contributed by atoms with van der Waals surface area (Å²) in [4.78, 5) is 24.7. The van der Waals surface area contributed by atoms with E-state index in [0.717, 1.165) is 42.2 Å². The normalized spacial score (nSPS) is 17.4. The van der Waals surface area contributed by atoms with Crippen molar-refractivity contribution in [2.45, 2.75) is 26.8 Å². The van der Waals surface area contributed by atoms with E-state index in [1.165, 1.54) is 0 Å². The van der Waals surface area contributed by atoms with Gasteiger partial charge in [0.05, 0.1) is 17.7 Å². The maximum atomic E-state index is 13.0. The first-order chi connectivity index (χ1) is 11.1. The minimum atomic E-state index is 0.0165. The molecule has 5 nitrogen and oxygen atoms in total. The molecule has 2 aromatic heterocycles. The highest BCUT2D eigenvalue weighted by Gasteiger charge is 2.25. The molecule has 0 spiro atoms. The zero-order chi connectivity index (χ0) is 16.2. The third-order valence-electron chi connectivity index (χ3n) is 4.32. The number of hydrogen-bond acceptors (Lipinski definition) is 5. The second-order valence-corrected chi connectivity index (χ2v) is 7.01. The van der Waals surface area contributed by atoms with E-state index in [0.29, 0.717) is 18.2 Å². The zero-order valence-electron chi connectivity index (χ0n) is 13.6. The van der Waals surface area contributed by atoms with E-state index in [1.54, 1.807) is 17.5 Å². The Kier molecular flexibility index (Phi) is 5.03. The van der Waals surface area contributed by atoms with Gasteiger partial charge >= 0.3 is 0 Å². The average Bonchev–Trinajstić information content (AvgIpc) is 3.19. The molecule has 0 unspecified atom stereocenters. The number of nitrogens with zero attached hydrogens (tertiary/aromatic N) is 3. The largest absolute Gasteiger partial charge is 0.332 e. The SMILES string of the molecule is Cc1cccnc1C(=O)N(Cc1scnc1C)C[C@@H]1CCNC1. The Labute approximate surface area is 140 Å². The van der Waals surface area contributed by atoms with Gasteiger partial charge in [-0.15, -0.1) is 11.3 Å². The van der Waals surface area contributed by atoms with Gasteiger partial charge in [0.2, 0.25) is 0 Å². The summed E-state index contributed by atoms with van der Waals surface area (Å²) < 4.78 is 0. The van der Waals surface area contributed by atoms with Crippen LogP contribution in [0.25, 0.3) is 0 Å². The Bertz CT molecular complexity index is 679. The fraction of sp³-hybridized carbons (Fsp3) is 0.471. The van der Waals surface area contributed by atoms with Crippen LogP contribution >= 0.6 is 11.3 Å². The molecule has 6 heteroatoms. The molecule has 3 rings (SSSR count). The highest BCUT2D eigenvalue weighted by atomic mass is 32.1. The number of carbonyl (C=O) groups excluding carboxylic acids is 1. The van der Waals surface area contributed by atoms with E-state index in [-0.39, 0.29) is 5.91 Å². The second kappa shape index (κ2) is 7.19. The molecule has 1 aliphatic heterocycles. The van der Waals surface area contributed by atoms with Crippen molar-refractivity contribution in [1.29, 1.82) is 0 Å². The Morgan fingerprint density at radius 2 is 2.30 bits per heavy atom. The van der Waals surface area contributed by atoms with Crippen LogP contribution in [0.3, 0.4) is 0 Å². The molecule has 23 heavy (non-hydrogen) atoms. The van der Waals surface area contributed by atoms with Crippen molar-refractivity contribution >= 4 is 17.2 Å². The minimum absolute atomic E-state index is 0.0165. The molecule has 1 amide bonds. The van der Waals surface area contributed by atoms with Gasteiger partial charge in [-0.1, -0.05) is 6.07 Å². The van der Waals surface area contributed by atoms with Crippen LogP contribution in [0.2, 0.25) is 0 Å². The van der Waals surface area contributed by atoms with Crippen LogP contribution in [0.5, 0.6) is 0 Å².